The van der Waals surface area contributed by atoms with Crippen molar-refractivity contribution in [3.8, 4) is 22.9 Å². The molecule has 0 spiro atoms. The van der Waals surface area contributed by atoms with Gasteiger partial charge in [-0.3, -0.25) is 4.98 Å². The summed E-state index contributed by atoms with van der Waals surface area (Å²) >= 11 is 5.19. The van der Waals surface area contributed by atoms with Crippen LogP contribution in [-0.4, -0.2) is 38.3 Å². The number of para-hydroxylation sites is 1. The highest BCUT2D eigenvalue weighted by molar-refractivity contribution is 7.71. The molecule has 3 aromatic rings. The average molecular weight is 327 g/mol. The zero-order valence-corrected chi connectivity index (χ0v) is 13.0. The number of phenols is 1. The van der Waals surface area contributed by atoms with Crippen LogP contribution >= 0.6 is 12.2 Å². The molecule has 0 aliphatic carbocycles. The first-order chi connectivity index (χ1) is 11.2. The van der Waals surface area contributed by atoms with Gasteiger partial charge in [0.25, 0.3) is 0 Å². The number of phenolic OH excluding ortho intramolecular Hbond substituents is 1. The molecule has 2 aromatic heterocycles. The van der Waals surface area contributed by atoms with E-state index >= 15 is 0 Å². The molecule has 116 valence electrons. The summed E-state index contributed by atoms with van der Waals surface area (Å²) < 4.78 is 6.87. The Morgan fingerprint density at radius 1 is 1.35 bits per heavy atom. The monoisotopic (exact) mass is 327 g/mol. The molecular formula is C15H13N5O2S. The van der Waals surface area contributed by atoms with Crippen LogP contribution < -0.4 is 4.74 Å². The topological polar surface area (TPSA) is 88.3 Å². The average Bonchev–Trinajstić information content (AvgIpc) is 2.95. The number of pyridine rings is 1. The summed E-state index contributed by atoms with van der Waals surface area (Å²) in [6.07, 6.45) is 4.83. The van der Waals surface area contributed by atoms with Crippen LogP contribution in [0.3, 0.4) is 0 Å². The summed E-state index contributed by atoms with van der Waals surface area (Å²) in [5, 5.41) is 21.2. The maximum absolute atomic E-state index is 10.1. The first-order valence-corrected chi connectivity index (χ1v) is 7.09. The van der Waals surface area contributed by atoms with Crippen LogP contribution in [0.1, 0.15) is 5.56 Å². The van der Waals surface area contributed by atoms with Gasteiger partial charge < -0.3 is 9.84 Å². The van der Waals surface area contributed by atoms with Gasteiger partial charge >= 0.3 is 0 Å². The number of hydrogen-bond acceptors (Lipinski definition) is 6. The molecule has 0 saturated heterocycles. The smallest absolute Gasteiger partial charge is 0.216 e. The fraction of sp³-hybridized carbons (Fsp3) is 0.0667. The minimum Gasteiger partial charge on any atom is -0.504 e. The fourth-order valence-electron chi connectivity index (χ4n) is 2.01. The van der Waals surface area contributed by atoms with E-state index in [0.717, 1.165) is 5.56 Å². The molecule has 0 bridgehead atoms. The highest BCUT2D eigenvalue weighted by Gasteiger charge is 2.09. The van der Waals surface area contributed by atoms with Gasteiger partial charge in [-0.15, -0.1) is 0 Å². The van der Waals surface area contributed by atoms with E-state index < -0.39 is 0 Å². The number of methoxy groups -OCH3 is 1. The van der Waals surface area contributed by atoms with E-state index in [9.17, 15) is 5.11 Å². The van der Waals surface area contributed by atoms with E-state index in [4.69, 9.17) is 17.0 Å². The third-order valence-corrected chi connectivity index (χ3v) is 3.40. The molecule has 8 heteroatoms. The van der Waals surface area contributed by atoms with Crippen molar-refractivity contribution < 1.29 is 9.84 Å². The minimum absolute atomic E-state index is 0.0108. The normalized spacial score (nSPS) is 11.0. The number of nitrogens with zero attached hydrogens (tertiary/aromatic N) is 4. The lowest BCUT2D eigenvalue weighted by molar-refractivity contribution is 0.373. The van der Waals surface area contributed by atoms with Gasteiger partial charge in [-0.05, 0) is 36.5 Å². The van der Waals surface area contributed by atoms with Crippen LogP contribution in [0.4, 0.5) is 0 Å². The van der Waals surface area contributed by atoms with E-state index in [-0.39, 0.29) is 5.75 Å². The first-order valence-electron chi connectivity index (χ1n) is 6.69. The Kier molecular flexibility index (Phi) is 4.15. The van der Waals surface area contributed by atoms with Crippen molar-refractivity contribution in [2.45, 2.75) is 0 Å². The molecule has 2 N–H and O–H groups in total. The van der Waals surface area contributed by atoms with Crippen molar-refractivity contribution in [3.63, 3.8) is 0 Å². The van der Waals surface area contributed by atoms with Crippen LogP contribution in [-0.2, 0) is 0 Å². The highest BCUT2D eigenvalue weighted by atomic mass is 32.1. The summed E-state index contributed by atoms with van der Waals surface area (Å²) in [6, 6.07) is 8.80. The number of aromatic amines is 1. The number of H-pyrrole nitrogens is 1. The lowest BCUT2D eigenvalue weighted by Crippen LogP contribution is -1.96. The highest BCUT2D eigenvalue weighted by Crippen LogP contribution is 2.28. The zero-order valence-electron chi connectivity index (χ0n) is 12.2. The second kappa shape index (κ2) is 6.41. The van der Waals surface area contributed by atoms with Crippen LogP contribution in [0.25, 0.3) is 11.4 Å². The van der Waals surface area contributed by atoms with Crippen LogP contribution in [0.5, 0.6) is 11.5 Å². The van der Waals surface area contributed by atoms with E-state index in [0.29, 0.717) is 21.9 Å². The van der Waals surface area contributed by atoms with Crippen molar-refractivity contribution in [1.29, 1.82) is 0 Å². The molecule has 0 saturated carbocycles. The quantitative estimate of drug-likeness (QED) is 0.568. The number of nitrogens with one attached hydrogen (secondary N) is 1. The predicted molar refractivity (Wildman–Crippen MR) is 88.3 cm³/mol. The van der Waals surface area contributed by atoms with Crippen LogP contribution in [0, 0.1) is 4.77 Å². The number of ether oxygens (including phenoxy) is 1. The maximum atomic E-state index is 10.1. The Bertz CT molecular complexity index is 902. The van der Waals surface area contributed by atoms with Crippen LogP contribution in [0.2, 0.25) is 0 Å². The number of rotatable bonds is 4. The van der Waals surface area contributed by atoms with Crippen molar-refractivity contribution >= 4 is 18.4 Å². The molecule has 3 rings (SSSR count). The number of aromatic hydroxyl groups is 1. The van der Waals surface area contributed by atoms with E-state index in [1.165, 1.54) is 18.0 Å². The molecule has 7 nitrogen and oxygen atoms in total. The second-order valence-electron chi connectivity index (χ2n) is 4.55. The molecule has 1 aromatic carbocycles. The summed E-state index contributed by atoms with van der Waals surface area (Å²) in [5.74, 6) is 0.913. The van der Waals surface area contributed by atoms with Gasteiger partial charge in [0.05, 0.1) is 13.3 Å². The van der Waals surface area contributed by atoms with E-state index in [2.05, 4.69) is 20.3 Å². The van der Waals surface area contributed by atoms with Crippen molar-refractivity contribution in [2.24, 2.45) is 5.10 Å². The second-order valence-corrected chi connectivity index (χ2v) is 4.94. The molecule has 0 unspecified atom stereocenters. The van der Waals surface area contributed by atoms with Gasteiger partial charge in [-0.25, -0.2) is 5.10 Å². The molecule has 0 aliphatic heterocycles. The van der Waals surface area contributed by atoms with Gasteiger partial charge in [0.1, 0.15) is 0 Å². The lowest BCUT2D eigenvalue weighted by atomic mass is 10.2. The standard InChI is InChI=1S/C15H13N5O2S/c1-22-12-6-2-4-10(13(12)21)9-17-20-14(18-19-15(20)23)11-5-3-7-16-8-11/h2-9,21H,1H3,(H,19,23). The number of hydrogen-bond donors (Lipinski definition) is 2. The molecule has 0 atom stereocenters. The summed E-state index contributed by atoms with van der Waals surface area (Å²) in [4.78, 5) is 4.06. The molecule has 0 radical (unpaired) electrons. The predicted octanol–water partition coefficient (Wildman–Crippen LogP) is 2.60. The largest absolute Gasteiger partial charge is 0.504 e. The molecule has 0 aliphatic rings. The number of aromatic nitrogens is 4. The third-order valence-electron chi connectivity index (χ3n) is 3.13. The SMILES string of the molecule is COc1cccc(C=Nn2c(-c3cccnc3)n[nH]c2=S)c1O. The molecule has 23 heavy (non-hydrogen) atoms. The Balaban J connectivity index is 2.01. The first kappa shape index (κ1) is 14.9. The van der Waals surface area contributed by atoms with Crippen LogP contribution in [0.15, 0.2) is 47.8 Å². The van der Waals surface area contributed by atoms with Gasteiger partial charge in [-0.2, -0.15) is 14.9 Å². The van der Waals surface area contributed by atoms with Gasteiger partial charge in [0.15, 0.2) is 17.3 Å². The minimum atomic E-state index is 0.0108. The summed E-state index contributed by atoms with van der Waals surface area (Å²) in [5.41, 5.74) is 1.27. The zero-order chi connectivity index (χ0) is 16.2. The summed E-state index contributed by atoms with van der Waals surface area (Å²) in [7, 11) is 1.49. The Hall–Kier alpha value is -3.00. The van der Waals surface area contributed by atoms with Crippen molar-refractivity contribution in [3.05, 3.63) is 53.1 Å². The lowest BCUT2D eigenvalue weighted by Gasteiger charge is -2.05. The molecule has 0 amide bonds. The van der Waals surface area contributed by atoms with Crippen molar-refractivity contribution in [1.82, 2.24) is 19.9 Å². The Morgan fingerprint density at radius 3 is 2.96 bits per heavy atom. The molecule has 2 heterocycles. The van der Waals surface area contributed by atoms with Gasteiger partial charge in [0, 0.05) is 23.5 Å². The van der Waals surface area contributed by atoms with E-state index in [1.54, 1.807) is 36.7 Å². The van der Waals surface area contributed by atoms with Crippen molar-refractivity contribution in [2.75, 3.05) is 7.11 Å². The fourth-order valence-corrected chi connectivity index (χ4v) is 2.19. The number of benzene rings is 1. The third kappa shape index (κ3) is 2.97. The maximum Gasteiger partial charge on any atom is 0.216 e. The Labute approximate surface area is 136 Å². The summed E-state index contributed by atoms with van der Waals surface area (Å²) in [6.45, 7) is 0. The molecule has 0 fully saturated rings. The van der Waals surface area contributed by atoms with E-state index in [1.807, 2.05) is 6.07 Å². The van der Waals surface area contributed by atoms with Gasteiger partial charge in [-0.1, -0.05) is 6.07 Å². The Morgan fingerprint density at radius 2 is 2.22 bits per heavy atom. The molecular weight excluding hydrogens is 314 g/mol. The van der Waals surface area contributed by atoms with Gasteiger partial charge in [0.2, 0.25) is 4.77 Å².